The van der Waals surface area contributed by atoms with E-state index in [4.69, 9.17) is 14.4 Å². The van der Waals surface area contributed by atoms with Gasteiger partial charge in [-0.2, -0.15) is 4.98 Å². The highest BCUT2D eigenvalue weighted by Gasteiger charge is 2.36. The van der Waals surface area contributed by atoms with Crippen molar-refractivity contribution in [3.05, 3.63) is 29.4 Å². The average Bonchev–Trinajstić information content (AvgIpc) is 3.21. The van der Waals surface area contributed by atoms with Crippen molar-refractivity contribution in [1.82, 2.24) is 25.0 Å². The molecule has 2 aromatic rings. The van der Waals surface area contributed by atoms with Crippen molar-refractivity contribution < 1.29 is 24.0 Å². The van der Waals surface area contributed by atoms with Crippen molar-refractivity contribution in [3.8, 4) is 0 Å². The topological polar surface area (TPSA) is 134 Å². The fourth-order valence-corrected chi connectivity index (χ4v) is 2.64. The van der Waals surface area contributed by atoms with E-state index < -0.39 is 18.6 Å². The van der Waals surface area contributed by atoms with E-state index in [9.17, 15) is 9.59 Å². The fraction of sp³-hybridized carbons (Fsp3) is 0.533. The summed E-state index contributed by atoms with van der Waals surface area (Å²) < 4.78 is 10.3. The van der Waals surface area contributed by atoms with Crippen LogP contribution in [-0.2, 0) is 27.3 Å². The minimum atomic E-state index is -1.13. The highest BCUT2D eigenvalue weighted by Crippen LogP contribution is 2.31. The van der Waals surface area contributed by atoms with E-state index in [1.165, 1.54) is 0 Å². The second-order valence-electron chi connectivity index (χ2n) is 6.10. The van der Waals surface area contributed by atoms with Crippen LogP contribution in [0.3, 0.4) is 0 Å². The Morgan fingerprint density at radius 3 is 2.96 bits per heavy atom. The van der Waals surface area contributed by atoms with E-state index in [1.54, 1.807) is 11.2 Å². The average molecular weight is 349 g/mol. The molecule has 0 aliphatic carbocycles. The number of carboxylic acid groups (broad SMARTS) is 1. The third kappa shape index (κ3) is 3.68. The highest BCUT2D eigenvalue weighted by atomic mass is 16.5. The number of carboxylic acids is 1. The quantitative estimate of drug-likeness (QED) is 0.776. The second kappa shape index (κ2) is 7.01. The number of carbonyl (C=O) groups excluding carboxylic acids is 1. The first-order valence-corrected chi connectivity index (χ1v) is 7.89. The molecule has 0 bridgehead atoms. The van der Waals surface area contributed by atoms with Crippen LogP contribution >= 0.6 is 0 Å². The van der Waals surface area contributed by atoms with Gasteiger partial charge in [0.25, 0.3) is 0 Å². The van der Waals surface area contributed by atoms with E-state index in [0.29, 0.717) is 18.1 Å². The first-order valence-electron chi connectivity index (χ1n) is 7.89. The minimum absolute atomic E-state index is 0.102. The van der Waals surface area contributed by atoms with Crippen molar-refractivity contribution in [3.63, 3.8) is 0 Å². The number of imidazole rings is 1. The van der Waals surface area contributed by atoms with Gasteiger partial charge in [0, 0.05) is 12.3 Å². The number of H-pyrrole nitrogens is 1. The van der Waals surface area contributed by atoms with Crippen molar-refractivity contribution in [1.29, 1.82) is 0 Å². The predicted molar refractivity (Wildman–Crippen MR) is 82.4 cm³/mol. The molecule has 2 N–H and O–H groups in total. The van der Waals surface area contributed by atoms with E-state index in [1.807, 2.05) is 13.8 Å². The fourth-order valence-electron chi connectivity index (χ4n) is 2.64. The Morgan fingerprint density at radius 1 is 1.48 bits per heavy atom. The van der Waals surface area contributed by atoms with Crippen LogP contribution in [0.25, 0.3) is 0 Å². The van der Waals surface area contributed by atoms with Crippen molar-refractivity contribution in [2.75, 3.05) is 13.2 Å². The molecule has 3 rings (SSSR count). The maximum atomic E-state index is 12.5. The normalized spacial score (nSPS) is 16.9. The molecule has 0 aromatic carbocycles. The van der Waals surface area contributed by atoms with Crippen LogP contribution in [0.15, 0.2) is 10.9 Å². The minimum Gasteiger partial charge on any atom is -0.480 e. The number of aliphatic carboxylic acids is 1. The number of ether oxygens (including phenoxy) is 1. The first kappa shape index (κ1) is 17.1. The maximum Gasteiger partial charge on any atom is 0.329 e. The molecule has 25 heavy (non-hydrogen) atoms. The molecule has 0 fully saturated rings. The van der Waals surface area contributed by atoms with E-state index in [0.717, 1.165) is 11.4 Å². The Hall–Kier alpha value is -2.75. The van der Waals surface area contributed by atoms with Gasteiger partial charge in [-0.25, -0.2) is 9.78 Å². The Kier molecular flexibility index (Phi) is 4.79. The lowest BCUT2D eigenvalue weighted by atomic mass is 10.0. The summed E-state index contributed by atoms with van der Waals surface area (Å²) in [5.41, 5.74) is 1.66. The van der Waals surface area contributed by atoms with Crippen LogP contribution in [-0.4, -0.2) is 55.2 Å². The van der Waals surface area contributed by atoms with Gasteiger partial charge in [0.05, 0.1) is 24.3 Å². The third-order valence-corrected chi connectivity index (χ3v) is 3.93. The summed E-state index contributed by atoms with van der Waals surface area (Å²) in [5.74, 6) is -0.473. The van der Waals surface area contributed by atoms with Crippen molar-refractivity contribution in [2.45, 2.75) is 38.8 Å². The number of fused-ring (bicyclic) bond motifs is 1. The number of aromatic amines is 1. The van der Waals surface area contributed by atoms with Crippen LogP contribution in [0.2, 0.25) is 0 Å². The third-order valence-electron chi connectivity index (χ3n) is 3.93. The smallest absolute Gasteiger partial charge is 0.329 e. The van der Waals surface area contributed by atoms with Gasteiger partial charge < -0.3 is 24.3 Å². The Bertz CT molecular complexity index is 768. The molecule has 0 spiro atoms. The number of hydrogen-bond donors (Lipinski definition) is 2. The molecule has 1 atom stereocenters. The summed E-state index contributed by atoms with van der Waals surface area (Å²) in [6, 6.07) is -0.461. The van der Waals surface area contributed by atoms with Gasteiger partial charge in [-0.15, -0.1) is 0 Å². The van der Waals surface area contributed by atoms with Gasteiger partial charge in [-0.1, -0.05) is 19.0 Å². The molecule has 1 unspecified atom stereocenters. The molecule has 1 aliphatic heterocycles. The summed E-state index contributed by atoms with van der Waals surface area (Å²) in [6.07, 6.45) is 2.01. The molecular weight excluding hydrogens is 330 g/mol. The number of nitrogens with one attached hydrogen (secondary N) is 1. The highest BCUT2D eigenvalue weighted by molar-refractivity contribution is 5.78. The zero-order chi connectivity index (χ0) is 18.0. The van der Waals surface area contributed by atoms with Crippen LogP contribution in [0.5, 0.6) is 0 Å². The molecule has 1 amide bonds. The molecule has 3 heterocycles. The zero-order valence-electron chi connectivity index (χ0n) is 13.9. The van der Waals surface area contributed by atoms with E-state index >= 15 is 0 Å². The van der Waals surface area contributed by atoms with Crippen molar-refractivity contribution in [2.24, 2.45) is 0 Å². The molecule has 134 valence electrons. The number of carbonyl (C=O) groups is 2. The standard InChI is InChI=1S/C15H19N5O5/c1-8(2)14-18-15(25-19-14)11-3-9-10(17-7-16-9)4-20(11)12(21)5-24-6-13(22)23/h7-8,11H,3-6H2,1-2H3,(H,16,17)(H,22,23). The summed E-state index contributed by atoms with van der Waals surface area (Å²) in [7, 11) is 0. The first-order chi connectivity index (χ1) is 12.0. The summed E-state index contributed by atoms with van der Waals surface area (Å²) in [6.45, 7) is 3.32. The molecule has 2 aromatic heterocycles. The number of nitrogens with zero attached hydrogens (tertiary/aromatic N) is 4. The van der Waals surface area contributed by atoms with Gasteiger partial charge in [0.2, 0.25) is 11.8 Å². The molecule has 1 aliphatic rings. The lowest BCUT2D eigenvalue weighted by Crippen LogP contribution is -2.41. The molecule has 0 radical (unpaired) electrons. The number of hydrogen-bond acceptors (Lipinski definition) is 7. The van der Waals surface area contributed by atoms with Gasteiger partial charge in [-0.3, -0.25) is 4.79 Å². The maximum absolute atomic E-state index is 12.5. The number of rotatable bonds is 6. The van der Waals surface area contributed by atoms with Crippen molar-refractivity contribution >= 4 is 11.9 Å². The van der Waals surface area contributed by atoms with Crippen LogP contribution < -0.4 is 0 Å². The zero-order valence-corrected chi connectivity index (χ0v) is 13.9. The van der Waals surface area contributed by atoms with Gasteiger partial charge in [0.15, 0.2) is 5.82 Å². The number of aromatic nitrogens is 4. The Balaban J connectivity index is 1.81. The lowest BCUT2D eigenvalue weighted by molar-refractivity contribution is -0.147. The SMILES string of the molecule is CC(C)c1noc(C2Cc3nc[nH]c3CN2C(=O)COCC(=O)O)n1. The largest absolute Gasteiger partial charge is 0.480 e. The second-order valence-corrected chi connectivity index (χ2v) is 6.10. The Labute approximate surface area is 143 Å². The van der Waals surface area contributed by atoms with Gasteiger partial charge >= 0.3 is 5.97 Å². The summed E-state index contributed by atoms with van der Waals surface area (Å²) >= 11 is 0. The van der Waals surface area contributed by atoms with Gasteiger partial charge in [0.1, 0.15) is 19.3 Å². The Morgan fingerprint density at radius 2 is 2.28 bits per heavy atom. The van der Waals surface area contributed by atoms with Gasteiger partial charge in [-0.05, 0) is 0 Å². The van der Waals surface area contributed by atoms with Crippen LogP contribution in [0.4, 0.5) is 0 Å². The molecule has 10 heteroatoms. The van der Waals surface area contributed by atoms with Crippen LogP contribution in [0, 0.1) is 0 Å². The predicted octanol–water partition coefficient (Wildman–Crippen LogP) is 0.643. The molecular formula is C15H19N5O5. The lowest BCUT2D eigenvalue weighted by Gasteiger charge is -2.32. The molecule has 0 saturated carbocycles. The monoisotopic (exact) mass is 349 g/mol. The van der Waals surface area contributed by atoms with E-state index in [-0.39, 0.29) is 25.0 Å². The molecule has 10 nitrogen and oxygen atoms in total. The van der Waals surface area contributed by atoms with E-state index in [2.05, 4.69) is 20.1 Å². The number of amides is 1. The van der Waals surface area contributed by atoms with Crippen LogP contribution in [0.1, 0.15) is 48.9 Å². The molecule has 0 saturated heterocycles. The summed E-state index contributed by atoms with van der Waals surface area (Å²) in [4.78, 5) is 36.3. The summed E-state index contributed by atoms with van der Waals surface area (Å²) in [5, 5.41) is 12.6.